The third-order valence-corrected chi connectivity index (χ3v) is 7.14. The van der Waals surface area contributed by atoms with Gasteiger partial charge in [-0.2, -0.15) is 0 Å². The van der Waals surface area contributed by atoms with Gasteiger partial charge in [-0.3, -0.25) is 4.79 Å². The Morgan fingerprint density at radius 2 is 2.03 bits per heavy atom. The fourth-order valence-corrected chi connectivity index (χ4v) is 5.32. The van der Waals surface area contributed by atoms with Crippen LogP contribution in [0.25, 0.3) is 0 Å². The van der Waals surface area contributed by atoms with Gasteiger partial charge in [-0.15, -0.1) is 0 Å². The lowest BCUT2D eigenvalue weighted by Gasteiger charge is -2.54. The summed E-state index contributed by atoms with van der Waals surface area (Å²) in [5.74, 6) is 1.04. The van der Waals surface area contributed by atoms with Crippen molar-refractivity contribution in [3.8, 4) is 5.75 Å². The molecular formula is C22H25ClN2O4. The third-order valence-electron chi connectivity index (χ3n) is 6.90. The van der Waals surface area contributed by atoms with E-state index in [-0.39, 0.29) is 28.9 Å². The molecule has 0 unspecified atom stereocenters. The van der Waals surface area contributed by atoms with Gasteiger partial charge in [-0.1, -0.05) is 16.8 Å². The molecule has 2 aromatic rings. The van der Waals surface area contributed by atoms with Gasteiger partial charge in [0.2, 0.25) is 0 Å². The molecule has 1 aromatic heterocycles. The van der Waals surface area contributed by atoms with Gasteiger partial charge in [-0.25, -0.2) is 0 Å². The molecule has 154 valence electrons. The Morgan fingerprint density at radius 1 is 1.24 bits per heavy atom. The lowest BCUT2D eigenvalue weighted by atomic mass is 9.64. The van der Waals surface area contributed by atoms with E-state index in [4.69, 9.17) is 25.6 Å². The number of hydrogen-bond acceptors (Lipinski definition) is 5. The number of nitrogens with zero attached hydrogens (tertiary/aromatic N) is 2. The van der Waals surface area contributed by atoms with Crippen molar-refractivity contribution < 1.29 is 18.8 Å². The first-order valence-electron chi connectivity index (χ1n) is 10.2. The molecule has 4 heterocycles. The first kappa shape index (κ1) is 18.9. The molecule has 0 radical (unpaired) electrons. The maximum atomic E-state index is 12.6. The van der Waals surface area contributed by atoms with Crippen molar-refractivity contribution in [1.82, 2.24) is 10.1 Å². The van der Waals surface area contributed by atoms with E-state index < -0.39 is 0 Å². The summed E-state index contributed by atoms with van der Waals surface area (Å²) in [5.41, 5.74) is 1.16. The molecule has 29 heavy (non-hydrogen) atoms. The average molecular weight is 417 g/mol. The molecule has 7 heteroatoms. The maximum Gasteiger partial charge on any atom is 0.276 e. The average Bonchev–Trinajstić information content (AvgIpc) is 3.24. The van der Waals surface area contributed by atoms with Crippen LogP contribution in [0.15, 0.2) is 35.1 Å². The normalized spacial score (nSPS) is 27.1. The molecule has 0 aliphatic carbocycles. The van der Waals surface area contributed by atoms with E-state index in [1.165, 1.54) is 6.26 Å². The molecule has 2 fully saturated rings. The molecular weight excluding hydrogens is 392 g/mol. The lowest BCUT2D eigenvalue weighted by Crippen LogP contribution is -2.54. The van der Waals surface area contributed by atoms with Gasteiger partial charge in [0.15, 0.2) is 5.69 Å². The molecule has 1 spiro atoms. The molecule has 2 saturated heterocycles. The number of hydrogen-bond donors (Lipinski definition) is 0. The molecule has 2 atom stereocenters. The van der Waals surface area contributed by atoms with Crippen molar-refractivity contribution in [2.75, 3.05) is 19.7 Å². The summed E-state index contributed by atoms with van der Waals surface area (Å²) in [6.07, 6.45) is 4.27. The monoisotopic (exact) mass is 416 g/mol. The topological polar surface area (TPSA) is 64.8 Å². The van der Waals surface area contributed by atoms with Crippen LogP contribution in [-0.2, 0) is 4.74 Å². The number of carbonyl (C=O) groups excluding carboxylic acids is 1. The summed E-state index contributed by atoms with van der Waals surface area (Å²) in [4.78, 5) is 14.4. The van der Waals surface area contributed by atoms with Gasteiger partial charge in [0.1, 0.15) is 17.6 Å². The summed E-state index contributed by atoms with van der Waals surface area (Å²) < 4.78 is 17.7. The molecule has 5 rings (SSSR count). The summed E-state index contributed by atoms with van der Waals surface area (Å²) in [5, 5.41) is 4.48. The number of amides is 1. The molecule has 6 nitrogen and oxygen atoms in total. The zero-order valence-corrected chi connectivity index (χ0v) is 17.4. The van der Waals surface area contributed by atoms with Crippen LogP contribution < -0.4 is 4.74 Å². The zero-order valence-electron chi connectivity index (χ0n) is 16.7. The Balaban J connectivity index is 1.34. The number of aromatic nitrogens is 1. The number of rotatable bonds is 1. The summed E-state index contributed by atoms with van der Waals surface area (Å²) in [6.45, 7) is 6.40. The van der Waals surface area contributed by atoms with Crippen LogP contribution in [0.5, 0.6) is 5.75 Å². The predicted molar refractivity (Wildman–Crippen MR) is 107 cm³/mol. The van der Waals surface area contributed by atoms with E-state index in [2.05, 4.69) is 19.0 Å². The number of benzene rings is 1. The second kappa shape index (κ2) is 6.74. The van der Waals surface area contributed by atoms with Crippen LogP contribution in [0.3, 0.4) is 0 Å². The highest BCUT2D eigenvalue weighted by Crippen LogP contribution is 2.55. The van der Waals surface area contributed by atoms with Crippen molar-refractivity contribution in [3.05, 3.63) is 46.8 Å². The quantitative estimate of drug-likeness (QED) is 0.684. The molecule has 3 aliphatic heterocycles. The highest BCUT2D eigenvalue weighted by Gasteiger charge is 2.53. The Bertz CT molecular complexity index is 919. The van der Waals surface area contributed by atoms with Gasteiger partial charge in [0.25, 0.3) is 5.91 Å². The number of fused-ring (bicyclic) bond motifs is 3. The van der Waals surface area contributed by atoms with Crippen molar-refractivity contribution in [2.24, 2.45) is 11.3 Å². The van der Waals surface area contributed by atoms with Crippen LogP contribution in [0.2, 0.25) is 5.02 Å². The lowest BCUT2D eigenvalue weighted by molar-refractivity contribution is -0.173. The Labute approximate surface area is 175 Å². The molecule has 0 saturated carbocycles. The molecule has 0 N–H and O–H groups in total. The van der Waals surface area contributed by atoms with Gasteiger partial charge < -0.3 is 18.9 Å². The molecule has 3 aliphatic rings. The first-order chi connectivity index (χ1) is 13.9. The number of carbonyl (C=O) groups is 1. The van der Waals surface area contributed by atoms with E-state index >= 15 is 0 Å². The van der Waals surface area contributed by atoms with E-state index in [1.807, 2.05) is 23.1 Å². The predicted octanol–water partition coefficient (Wildman–Crippen LogP) is 4.50. The van der Waals surface area contributed by atoms with Crippen LogP contribution in [0.4, 0.5) is 0 Å². The van der Waals surface area contributed by atoms with Crippen LogP contribution >= 0.6 is 11.6 Å². The molecule has 0 bridgehead atoms. The van der Waals surface area contributed by atoms with Crippen LogP contribution in [0.1, 0.15) is 55.3 Å². The smallest absolute Gasteiger partial charge is 0.276 e. The number of likely N-dealkylation sites (tertiary alicyclic amines) is 1. The largest absolute Gasteiger partial charge is 0.487 e. The van der Waals surface area contributed by atoms with E-state index in [0.717, 1.165) is 30.6 Å². The fourth-order valence-electron chi connectivity index (χ4n) is 5.14. The molecule has 1 aromatic carbocycles. The number of ether oxygens (including phenoxy) is 2. The molecule has 1 amide bonds. The highest BCUT2D eigenvalue weighted by atomic mass is 35.5. The number of halogens is 1. The Hall–Kier alpha value is -2.05. The van der Waals surface area contributed by atoms with Gasteiger partial charge in [-0.05, 0) is 56.7 Å². The van der Waals surface area contributed by atoms with Crippen LogP contribution in [-0.4, -0.2) is 41.3 Å². The van der Waals surface area contributed by atoms with Gasteiger partial charge in [0, 0.05) is 35.7 Å². The first-order valence-corrected chi connectivity index (χ1v) is 10.5. The zero-order chi connectivity index (χ0) is 20.2. The van der Waals surface area contributed by atoms with E-state index in [9.17, 15) is 4.79 Å². The Morgan fingerprint density at radius 3 is 2.76 bits per heavy atom. The summed E-state index contributed by atoms with van der Waals surface area (Å²) in [6, 6.07) is 7.40. The fraction of sp³-hybridized carbons (Fsp3) is 0.545. The van der Waals surface area contributed by atoms with Gasteiger partial charge >= 0.3 is 0 Å². The van der Waals surface area contributed by atoms with Crippen LogP contribution in [0, 0.1) is 11.3 Å². The van der Waals surface area contributed by atoms with E-state index in [1.54, 1.807) is 6.07 Å². The van der Waals surface area contributed by atoms with Gasteiger partial charge in [0.05, 0.1) is 12.7 Å². The number of piperidine rings is 1. The third kappa shape index (κ3) is 3.22. The Kier molecular flexibility index (Phi) is 4.40. The van der Waals surface area contributed by atoms with Crippen molar-refractivity contribution in [1.29, 1.82) is 0 Å². The summed E-state index contributed by atoms with van der Waals surface area (Å²) in [7, 11) is 0. The minimum absolute atomic E-state index is 0.00660. The van der Waals surface area contributed by atoms with E-state index in [0.29, 0.717) is 30.4 Å². The standard InChI is InChI=1S/C22H25ClN2O4/c1-21(2)16-12-22(6-8-25(9-7-22)20(26)17-5-10-28-24-17)13-27-19(16)15-11-14(23)3-4-18(15)29-21/h3-5,10-11,16,19H,6-9,12-13H2,1-2H3/t16-,19+/m0/s1. The highest BCUT2D eigenvalue weighted by molar-refractivity contribution is 6.30. The van der Waals surface area contributed by atoms with Crippen molar-refractivity contribution in [2.45, 2.75) is 44.8 Å². The maximum absolute atomic E-state index is 12.6. The van der Waals surface area contributed by atoms with Crippen molar-refractivity contribution in [3.63, 3.8) is 0 Å². The van der Waals surface area contributed by atoms with Crippen molar-refractivity contribution >= 4 is 17.5 Å². The second-order valence-corrected chi connectivity index (χ2v) is 9.54. The minimum atomic E-state index is -0.327. The SMILES string of the molecule is CC1(C)Oc2ccc(Cl)cc2[C@H]2OCC3(CCN(C(=O)c4ccon4)CC3)C[C@@H]21. The minimum Gasteiger partial charge on any atom is -0.487 e. The second-order valence-electron chi connectivity index (χ2n) is 9.11. The summed E-state index contributed by atoms with van der Waals surface area (Å²) >= 11 is 6.25.